The molecule has 0 aliphatic heterocycles. The van der Waals surface area contributed by atoms with Gasteiger partial charge in [-0.3, -0.25) is 0 Å². The Labute approximate surface area is 106 Å². The van der Waals surface area contributed by atoms with Gasteiger partial charge in [-0.15, -0.1) is 0 Å². The van der Waals surface area contributed by atoms with Crippen LogP contribution in [0.3, 0.4) is 0 Å². The number of hydrogen-bond donors (Lipinski definition) is 0. The molecule has 0 saturated carbocycles. The first-order valence-electron chi connectivity index (χ1n) is 6.09. The molecular formula is C16H16F2. The molecule has 0 fully saturated rings. The number of halogens is 2. The van der Waals surface area contributed by atoms with Gasteiger partial charge < -0.3 is 0 Å². The summed E-state index contributed by atoms with van der Waals surface area (Å²) in [5.74, 6) is -0.0476. The third-order valence-electron chi connectivity index (χ3n) is 3.52. The van der Waals surface area contributed by atoms with Gasteiger partial charge in [0.25, 0.3) is 0 Å². The molecule has 18 heavy (non-hydrogen) atoms. The molecule has 2 aromatic carbocycles. The van der Waals surface area contributed by atoms with Crippen LogP contribution in [0.4, 0.5) is 8.78 Å². The Morgan fingerprint density at radius 1 is 0.722 bits per heavy atom. The molecule has 0 bridgehead atoms. The SMILES string of the molecule is CC(c1ccc(F)cc1)C(C)c1cccc(F)c1. The number of benzene rings is 2. The van der Waals surface area contributed by atoms with Crippen LogP contribution in [0.5, 0.6) is 0 Å². The Morgan fingerprint density at radius 3 is 1.94 bits per heavy atom. The Balaban J connectivity index is 2.23. The highest BCUT2D eigenvalue weighted by atomic mass is 19.1. The smallest absolute Gasteiger partial charge is 0.123 e. The van der Waals surface area contributed by atoms with Crippen LogP contribution in [0, 0.1) is 11.6 Å². The molecule has 0 spiro atoms. The minimum Gasteiger partial charge on any atom is -0.207 e. The first-order chi connectivity index (χ1) is 8.58. The average molecular weight is 246 g/mol. The van der Waals surface area contributed by atoms with Crippen molar-refractivity contribution in [2.75, 3.05) is 0 Å². The third kappa shape index (κ3) is 2.76. The molecule has 0 aliphatic rings. The van der Waals surface area contributed by atoms with Gasteiger partial charge in [-0.1, -0.05) is 38.1 Å². The van der Waals surface area contributed by atoms with E-state index in [2.05, 4.69) is 13.8 Å². The van der Waals surface area contributed by atoms with Crippen LogP contribution < -0.4 is 0 Å². The normalized spacial score (nSPS) is 14.2. The topological polar surface area (TPSA) is 0 Å². The lowest BCUT2D eigenvalue weighted by Crippen LogP contribution is -2.05. The average Bonchev–Trinajstić information content (AvgIpc) is 2.38. The Morgan fingerprint density at radius 2 is 1.33 bits per heavy atom. The van der Waals surface area contributed by atoms with Gasteiger partial charge in [0, 0.05) is 0 Å². The quantitative estimate of drug-likeness (QED) is 0.724. The first-order valence-corrected chi connectivity index (χ1v) is 6.09. The van der Waals surface area contributed by atoms with Crippen molar-refractivity contribution in [2.24, 2.45) is 0 Å². The maximum Gasteiger partial charge on any atom is 0.123 e. The zero-order chi connectivity index (χ0) is 13.1. The van der Waals surface area contributed by atoms with E-state index < -0.39 is 0 Å². The van der Waals surface area contributed by atoms with E-state index in [9.17, 15) is 8.78 Å². The van der Waals surface area contributed by atoms with E-state index in [0.717, 1.165) is 11.1 Å². The van der Waals surface area contributed by atoms with Gasteiger partial charge in [-0.2, -0.15) is 0 Å². The van der Waals surface area contributed by atoms with E-state index in [1.165, 1.54) is 18.2 Å². The van der Waals surface area contributed by atoms with Crippen LogP contribution in [-0.2, 0) is 0 Å². The number of hydrogen-bond acceptors (Lipinski definition) is 0. The Hall–Kier alpha value is -1.70. The lowest BCUT2D eigenvalue weighted by molar-refractivity contribution is 0.595. The summed E-state index contributed by atoms with van der Waals surface area (Å²) in [5.41, 5.74) is 2.03. The van der Waals surface area contributed by atoms with Crippen molar-refractivity contribution < 1.29 is 8.78 Å². The highest BCUT2D eigenvalue weighted by Gasteiger charge is 2.16. The van der Waals surface area contributed by atoms with Gasteiger partial charge in [0.15, 0.2) is 0 Å². The summed E-state index contributed by atoms with van der Waals surface area (Å²) in [4.78, 5) is 0. The summed E-state index contributed by atoms with van der Waals surface area (Å²) in [6.07, 6.45) is 0. The summed E-state index contributed by atoms with van der Waals surface area (Å²) in [5, 5.41) is 0. The summed E-state index contributed by atoms with van der Waals surface area (Å²) in [6.45, 7) is 4.13. The van der Waals surface area contributed by atoms with Gasteiger partial charge in [-0.25, -0.2) is 8.78 Å². The molecular weight excluding hydrogens is 230 g/mol. The summed E-state index contributed by atoms with van der Waals surface area (Å²) < 4.78 is 26.1. The van der Waals surface area contributed by atoms with Gasteiger partial charge in [0.05, 0.1) is 0 Å². The van der Waals surface area contributed by atoms with Gasteiger partial charge >= 0.3 is 0 Å². The molecule has 0 aromatic heterocycles. The van der Waals surface area contributed by atoms with E-state index in [1.54, 1.807) is 24.3 Å². The second-order valence-corrected chi connectivity index (χ2v) is 4.68. The largest absolute Gasteiger partial charge is 0.207 e. The van der Waals surface area contributed by atoms with Crippen LogP contribution in [0.1, 0.15) is 36.8 Å². The standard InChI is InChI=1S/C16H16F2/c1-11(13-6-8-15(17)9-7-13)12(2)14-4-3-5-16(18)10-14/h3-12H,1-2H3. The van der Waals surface area contributed by atoms with Crippen molar-refractivity contribution in [1.29, 1.82) is 0 Å². The van der Waals surface area contributed by atoms with Crippen molar-refractivity contribution in [3.05, 3.63) is 71.3 Å². The zero-order valence-corrected chi connectivity index (χ0v) is 10.5. The van der Waals surface area contributed by atoms with Crippen molar-refractivity contribution in [1.82, 2.24) is 0 Å². The molecule has 94 valence electrons. The number of rotatable bonds is 3. The third-order valence-corrected chi connectivity index (χ3v) is 3.52. The molecule has 2 unspecified atom stereocenters. The van der Waals surface area contributed by atoms with Crippen molar-refractivity contribution in [2.45, 2.75) is 25.7 Å². The highest BCUT2D eigenvalue weighted by Crippen LogP contribution is 2.32. The van der Waals surface area contributed by atoms with Crippen LogP contribution in [0.2, 0.25) is 0 Å². The van der Waals surface area contributed by atoms with Crippen molar-refractivity contribution in [3.8, 4) is 0 Å². The molecule has 2 atom stereocenters. The maximum atomic E-state index is 13.2. The van der Waals surface area contributed by atoms with Crippen molar-refractivity contribution in [3.63, 3.8) is 0 Å². The van der Waals surface area contributed by atoms with Crippen LogP contribution in [0.15, 0.2) is 48.5 Å². The molecule has 2 heteroatoms. The molecule has 0 heterocycles. The van der Waals surface area contributed by atoms with E-state index in [1.807, 2.05) is 6.07 Å². The molecule has 0 radical (unpaired) electrons. The minimum absolute atomic E-state index is 0.186. The molecule has 0 N–H and O–H groups in total. The Bertz CT molecular complexity index is 517. The van der Waals surface area contributed by atoms with Crippen molar-refractivity contribution >= 4 is 0 Å². The molecule has 0 saturated heterocycles. The summed E-state index contributed by atoms with van der Waals surface area (Å²) in [7, 11) is 0. The van der Waals surface area contributed by atoms with Gasteiger partial charge in [0.2, 0.25) is 0 Å². The second-order valence-electron chi connectivity index (χ2n) is 4.68. The molecule has 2 rings (SSSR count). The van der Waals surface area contributed by atoms with Crippen LogP contribution in [-0.4, -0.2) is 0 Å². The Kier molecular flexibility index (Phi) is 3.75. The van der Waals surface area contributed by atoms with Crippen LogP contribution in [0.25, 0.3) is 0 Å². The second kappa shape index (κ2) is 5.30. The lowest BCUT2D eigenvalue weighted by atomic mass is 9.84. The predicted molar refractivity (Wildman–Crippen MR) is 69.6 cm³/mol. The van der Waals surface area contributed by atoms with E-state index >= 15 is 0 Å². The van der Waals surface area contributed by atoms with E-state index in [-0.39, 0.29) is 23.5 Å². The van der Waals surface area contributed by atoms with Gasteiger partial charge in [0.1, 0.15) is 11.6 Å². The maximum absolute atomic E-state index is 13.2. The van der Waals surface area contributed by atoms with Crippen LogP contribution >= 0.6 is 0 Å². The fourth-order valence-electron chi connectivity index (χ4n) is 2.13. The molecule has 0 amide bonds. The highest BCUT2D eigenvalue weighted by molar-refractivity contribution is 5.28. The fraction of sp³-hybridized carbons (Fsp3) is 0.250. The zero-order valence-electron chi connectivity index (χ0n) is 10.5. The summed E-state index contributed by atoms with van der Waals surface area (Å²) in [6, 6.07) is 13.1. The minimum atomic E-state index is -0.232. The van der Waals surface area contributed by atoms with E-state index in [4.69, 9.17) is 0 Å². The van der Waals surface area contributed by atoms with Gasteiger partial charge in [-0.05, 0) is 47.2 Å². The molecule has 2 aromatic rings. The monoisotopic (exact) mass is 246 g/mol. The molecule has 0 nitrogen and oxygen atoms in total. The molecule has 0 aliphatic carbocycles. The van der Waals surface area contributed by atoms with E-state index in [0.29, 0.717) is 0 Å². The fourth-order valence-corrected chi connectivity index (χ4v) is 2.13. The lowest BCUT2D eigenvalue weighted by Gasteiger charge is -2.21. The predicted octanol–water partition coefficient (Wildman–Crippen LogP) is 4.87. The summed E-state index contributed by atoms with van der Waals surface area (Å²) >= 11 is 0. The first kappa shape index (κ1) is 12.7.